The van der Waals surface area contributed by atoms with Gasteiger partial charge in [-0.25, -0.2) is 0 Å². The number of rotatable bonds is 5. The lowest BCUT2D eigenvalue weighted by Gasteiger charge is -2.31. The minimum atomic E-state index is 0.312. The number of nitrogens with zero attached hydrogens (tertiary/aromatic N) is 1. The van der Waals surface area contributed by atoms with Crippen LogP contribution in [0.4, 0.5) is 0 Å². The van der Waals surface area contributed by atoms with Gasteiger partial charge in [0.15, 0.2) is 0 Å². The Morgan fingerprint density at radius 3 is 2.67 bits per heavy atom. The molecular weight excluding hydrogens is 260 g/mol. The molecule has 1 aromatic heterocycles. The zero-order chi connectivity index (χ0) is 15.5. The third-order valence-electron chi connectivity index (χ3n) is 4.06. The van der Waals surface area contributed by atoms with E-state index in [1.54, 1.807) is 5.57 Å². The normalized spacial score (nSPS) is 17.3. The molecule has 0 spiro atoms. The summed E-state index contributed by atoms with van der Waals surface area (Å²) in [6, 6.07) is 2.68. The first-order valence-electron chi connectivity index (χ1n) is 8.06. The molecule has 2 heterocycles. The van der Waals surface area contributed by atoms with Crippen molar-refractivity contribution in [1.82, 2.24) is 10.2 Å². The van der Waals surface area contributed by atoms with Gasteiger partial charge in [0, 0.05) is 31.2 Å². The lowest BCUT2D eigenvalue weighted by Crippen LogP contribution is -2.30. The van der Waals surface area contributed by atoms with E-state index in [-0.39, 0.29) is 0 Å². The highest BCUT2D eigenvalue weighted by Gasteiger charge is 2.21. The number of hydrogen-bond acceptors (Lipinski definition) is 3. The van der Waals surface area contributed by atoms with E-state index < -0.39 is 0 Å². The van der Waals surface area contributed by atoms with Crippen LogP contribution in [0.3, 0.4) is 0 Å². The molecule has 0 saturated carbocycles. The van der Waals surface area contributed by atoms with Crippen molar-refractivity contribution in [3.63, 3.8) is 0 Å². The highest BCUT2D eigenvalue weighted by Crippen LogP contribution is 2.30. The summed E-state index contributed by atoms with van der Waals surface area (Å²) in [6.45, 7) is 15.2. The summed E-state index contributed by atoms with van der Waals surface area (Å²) in [7, 11) is 0. The summed E-state index contributed by atoms with van der Waals surface area (Å²) in [4.78, 5) is 2.45. The van der Waals surface area contributed by atoms with E-state index in [9.17, 15) is 0 Å². The third-order valence-corrected chi connectivity index (χ3v) is 4.06. The Morgan fingerprint density at radius 1 is 1.33 bits per heavy atom. The van der Waals surface area contributed by atoms with Crippen LogP contribution >= 0.6 is 0 Å². The fraction of sp³-hybridized carbons (Fsp3) is 0.667. The first-order chi connectivity index (χ1) is 9.84. The maximum absolute atomic E-state index is 5.69. The second-order valence-electron chi connectivity index (χ2n) is 7.42. The van der Waals surface area contributed by atoms with Crippen molar-refractivity contribution in [2.45, 2.75) is 60.2 Å². The fourth-order valence-electron chi connectivity index (χ4n) is 2.68. The molecular formula is C18H30N2O. The minimum Gasteiger partial charge on any atom is -0.468 e. The highest BCUT2D eigenvalue weighted by atomic mass is 16.3. The van der Waals surface area contributed by atoms with E-state index in [4.69, 9.17) is 4.42 Å². The maximum atomic E-state index is 5.69. The first kappa shape index (κ1) is 16.3. The highest BCUT2D eigenvalue weighted by molar-refractivity contribution is 5.16. The van der Waals surface area contributed by atoms with Crippen LogP contribution < -0.4 is 5.32 Å². The second-order valence-corrected chi connectivity index (χ2v) is 7.42. The van der Waals surface area contributed by atoms with E-state index >= 15 is 0 Å². The molecule has 0 fully saturated rings. The van der Waals surface area contributed by atoms with Gasteiger partial charge in [-0.15, -0.1) is 0 Å². The Kier molecular flexibility index (Phi) is 5.28. The quantitative estimate of drug-likeness (QED) is 0.832. The van der Waals surface area contributed by atoms with E-state index in [2.05, 4.69) is 57.0 Å². The lowest BCUT2D eigenvalue weighted by molar-refractivity contribution is 0.250. The van der Waals surface area contributed by atoms with Gasteiger partial charge in [-0.2, -0.15) is 0 Å². The topological polar surface area (TPSA) is 28.4 Å². The molecule has 0 amide bonds. The van der Waals surface area contributed by atoms with Gasteiger partial charge in [0.25, 0.3) is 0 Å². The molecule has 1 aliphatic heterocycles. The van der Waals surface area contributed by atoms with Crippen molar-refractivity contribution in [2.75, 3.05) is 13.1 Å². The van der Waals surface area contributed by atoms with Crippen molar-refractivity contribution in [3.8, 4) is 0 Å². The molecule has 0 aromatic carbocycles. The number of nitrogens with one attached hydrogen (secondary N) is 1. The largest absolute Gasteiger partial charge is 0.468 e. The van der Waals surface area contributed by atoms with Gasteiger partial charge in [0.1, 0.15) is 5.76 Å². The monoisotopic (exact) mass is 290 g/mol. The van der Waals surface area contributed by atoms with Crippen LogP contribution in [-0.2, 0) is 13.1 Å². The van der Waals surface area contributed by atoms with Gasteiger partial charge in [0.2, 0.25) is 0 Å². The van der Waals surface area contributed by atoms with Crippen LogP contribution in [0.15, 0.2) is 28.4 Å². The molecule has 21 heavy (non-hydrogen) atoms. The molecule has 0 saturated heterocycles. The van der Waals surface area contributed by atoms with Crippen molar-refractivity contribution >= 4 is 0 Å². The Morgan fingerprint density at radius 2 is 2.10 bits per heavy atom. The molecule has 2 rings (SSSR count). The summed E-state index contributed by atoms with van der Waals surface area (Å²) in [5, 5.41) is 3.42. The zero-order valence-electron chi connectivity index (χ0n) is 14.2. The molecule has 0 atom stereocenters. The SMILES string of the molecule is CC(C)NCc1coc(CN2CC=C(C(C)(C)C)CC2)c1. The lowest BCUT2D eigenvalue weighted by atomic mass is 9.83. The third kappa shape index (κ3) is 5.01. The Hall–Kier alpha value is -1.06. The maximum Gasteiger partial charge on any atom is 0.118 e. The van der Waals surface area contributed by atoms with Crippen molar-refractivity contribution < 1.29 is 4.42 Å². The van der Waals surface area contributed by atoms with Crippen LogP contribution in [0, 0.1) is 5.41 Å². The van der Waals surface area contributed by atoms with E-state index in [0.717, 1.165) is 31.9 Å². The van der Waals surface area contributed by atoms with Crippen LogP contribution in [0.5, 0.6) is 0 Å². The average Bonchev–Trinajstić information content (AvgIpc) is 2.83. The van der Waals surface area contributed by atoms with Gasteiger partial charge >= 0.3 is 0 Å². The Labute approximate surface area is 129 Å². The van der Waals surface area contributed by atoms with Crippen LogP contribution in [0.25, 0.3) is 0 Å². The molecule has 1 aromatic rings. The minimum absolute atomic E-state index is 0.312. The van der Waals surface area contributed by atoms with Crippen LogP contribution in [0.2, 0.25) is 0 Å². The van der Waals surface area contributed by atoms with E-state index in [1.807, 2.05) is 6.26 Å². The molecule has 1 N–H and O–H groups in total. The molecule has 0 aliphatic carbocycles. The molecule has 3 nitrogen and oxygen atoms in total. The van der Waals surface area contributed by atoms with Gasteiger partial charge in [-0.05, 0) is 17.9 Å². The number of hydrogen-bond donors (Lipinski definition) is 1. The van der Waals surface area contributed by atoms with Gasteiger partial charge in [0.05, 0.1) is 12.8 Å². The summed E-state index contributed by atoms with van der Waals surface area (Å²) in [5.74, 6) is 1.07. The van der Waals surface area contributed by atoms with Crippen molar-refractivity contribution in [1.29, 1.82) is 0 Å². The second kappa shape index (κ2) is 6.80. The van der Waals surface area contributed by atoms with E-state index in [0.29, 0.717) is 11.5 Å². The van der Waals surface area contributed by atoms with Gasteiger partial charge in [-0.3, -0.25) is 4.90 Å². The smallest absolute Gasteiger partial charge is 0.118 e. The van der Waals surface area contributed by atoms with Crippen molar-refractivity contribution in [3.05, 3.63) is 35.3 Å². The van der Waals surface area contributed by atoms with E-state index in [1.165, 1.54) is 12.0 Å². The Bertz CT molecular complexity index is 480. The number of furan rings is 1. The first-order valence-corrected chi connectivity index (χ1v) is 8.06. The molecule has 3 heteroatoms. The summed E-state index contributed by atoms with van der Waals surface area (Å²) in [5.41, 5.74) is 3.13. The standard InChI is InChI=1S/C18H30N2O/c1-14(2)19-11-15-10-17(21-13-15)12-20-8-6-16(7-9-20)18(3,4)5/h6,10,13-14,19H,7-9,11-12H2,1-5H3. The Balaban J connectivity index is 1.85. The zero-order valence-corrected chi connectivity index (χ0v) is 14.2. The summed E-state index contributed by atoms with van der Waals surface area (Å²) in [6.07, 6.45) is 5.45. The summed E-state index contributed by atoms with van der Waals surface area (Å²) < 4.78 is 5.69. The molecule has 0 radical (unpaired) electrons. The molecule has 1 aliphatic rings. The average molecular weight is 290 g/mol. The predicted octanol–water partition coefficient (Wildman–Crippen LogP) is 3.96. The van der Waals surface area contributed by atoms with Gasteiger partial charge in [-0.1, -0.05) is 46.3 Å². The van der Waals surface area contributed by atoms with Gasteiger partial charge < -0.3 is 9.73 Å². The summed E-state index contributed by atoms with van der Waals surface area (Å²) >= 11 is 0. The van der Waals surface area contributed by atoms with Crippen molar-refractivity contribution in [2.24, 2.45) is 5.41 Å². The molecule has 0 unspecified atom stereocenters. The van der Waals surface area contributed by atoms with Crippen LogP contribution in [-0.4, -0.2) is 24.0 Å². The molecule has 118 valence electrons. The van der Waals surface area contributed by atoms with Crippen LogP contribution in [0.1, 0.15) is 52.4 Å². The molecule has 0 bridgehead atoms. The predicted molar refractivity (Wildman–Crippen MR) is 88.1 cm³/mol. The fourth-order valence-corrected chi connectivity index (χ4v) is 2.68.